The molecule has 0 bridgehead atoms. The number of hydrogen-bond acceptors (Lipinski definition) is 4. The molecule has 1 saturated heterocycles. The zero-order valence-electron chi connectivity index (χ0n) is 17.0. The number of hydrogen-bond donors (Lipinski definition) is 2. The van der Waals surface area contributed by atoms with E-state index in [1.54, 1.807) is 0 Å². The van der Waals surface area contributed by atoms with E-state index in [-0.39, 0.29) is 0 Å². The lowest BCUT2D eigenvalue weighted by Gasteiger charge is -2.25. The average molecular weight is 352 g/mol. The van der Waals surface area contributed by atoms with Crippen LogP contribution in [0.15, 0.2) is 36.0 Å². The minimum atomic E-state index is 0.478. The van der Waals surface area contributed by atoms with E-state index in [1.165, 1.54) is 55.0 Å². The molecule has 0 amide bonds. The van der Waals surface area contributed by atoms with Gasteiger partial charge in [-0.3, -0.25) is 0 Å². The van der Waals surface area contributed by atoms with Gasteiger partial charge in [-0.05, 0) is 77.2 Å². The molecule has 1 fully saturated rings. The van der Waals surface area contributed by atoms with Gasteiger partial charge in [0.2, 0.25) is 0 Å². The van der Waals surface area contributed by atoms with Crippen LogP contribution >= 0.6 is 0 Å². The Morgan fingerprint density at radius 2 is 1.84 bits per heavy atom. The third kappa shape index (κ3) is 14.0. The zero-order valence-corrected chi connectivity index (χ0v) is 17.0. The summed E-state index contributed by atoms with van der Waals surface area (Å²) in [5, 5.41) is 10.6. The lowest BCUT2D eigenvalue weighted by Crippen LogP contribution is -2.37. The Hall–Kier alpha value is -0.940. The third-order valence-electron chi connectivity index (χ3n) is 4.71. The van der Waals surface area contributed by atoms with Crippen molar-refractivity contribution in [2.24, 2.45) is 5.73 Å². The molecule has 0 unspecified atom stereocenters. The molecule has 0 aromatic carbocycles. The van der Waals surface area contributed by atoms with Crippen molar-refractivity contribution >= 4 is 0 Å². The second-order valence-electron chi connectivity index (χ2n) is 7.01. The first-order valence-corrected chi connectivity index (χ1v) is 9.75. The SMILES string of the molecule is C=C/C(C)=C(C)\C=C/CCCCCN(O)CC.CN1CCC(N)CC1. The lowest BCUT2D eigenvalue weighted by atomic mass is 10.1. The Kier molecular flexibility index (Phi) is 14.7. The summed E-state index contributed by atoms with van der Waals surface area (Å²) in [4.78, 5) is 2.32. The van der Waals surface area contributed by atoms with Crippen molar-refractivity contribution < 1.29 is 5.21 Å². The van der Waals surface area contributed by atoms with Gasteiger partial charge in [0.15, 0.2) is 0 Å². The summed E-state index contributed by atoms with van der Waals surface area (Å²) in [6.07, 6.45) is 13.2. The van der Waals surface area contributed by atoms with Crippen LogP contribution in [0.4, 0.5) is 0 Å². The van der Waals surface area contributed by atoms with Gasteiger partial charge in [0.05, 0.1) is 0 Å². The molecule has 0 radical (unpaired) electrons. The first kappa shape index (κ1) is 24.1. The predicted molar refractivity (Wildman–Crippen MR) is 110 cm³/mol. The lowest BCUT2D eigenvalue weighted by molar-refractivity contribution is -0.0869. The highest BCUT2D eigenvalue weighted by molar-refractivity contribution is 5.28. The molecular weight excluding hydrogens is 310 g/mol. The first-order chi connectivity index (χ1) is 11.9. The van der Waals surface area contributed by atoms with Crippen LogP contribution in [0.2, 0.25) is 0 Å². The van der Waals surface area contributed by atoms with Crippen molar-refractivity contribution in [3.63, 3.8) is 0 Å². The predicted octanol–water partition coefficient (Wildman–Crippen LogP) is 4.38. The van der Waals surface area contributed by atoms with Crippen LogP contribution < -0.4 is 5.73 Å². The van der Waals surface area contributed by atoms with Crippen molar-refractivity contribution in [2.45, 2.75) is 65.3 Å². The second kappa shape index (κ2) is 15.3. The van der Waals surface area contributed by atoms with E-state index in [4.69, 9.17) is 5.73 Å². The summed E-state index contributed by atoms with van der Waals surface area (Å²) in [5.74, 6) is 0. The number of likely N-dealkylation sites (tertiary alicyclic amines) is 1. The second-order valence-corrected chi connectivity index (χ2v) is 7.01. The third-order valence-corrected chi connectivity index (χ3v) is 4.71. The topological polar surface area (TPSA) is 52.7 Å². The molecule has 25 heavy (non-hydrogen) atoms. The van der Waals surface area contributed by atoms with E-state index >= 15 is 0 Å². The molecule has 4 heteroatoms. The van der Waals surface area contributed by atoms with Gasteiger partial charge in [0.25, 0.3) is 0 Å². The van der Waals surface area contributed by atoms with E-state index in [1.807, 2.05) is 13.0 Å². The molecule has 0 atom stereocenters. The van der Waals surface area contributed by atoms with E-state index in [0.717, 1.165) is 19.4 Å². The maximum absolute atomic E-state index is 9.23. The molecule has 3 N–H and O–H groups in total. The smallest absolute Gasteiger partial charge is 0.0238 e. The van der Waals surface area contributed by atoms with Crippen LogP contribution in [0.1, 0.15) is 59.3 Å². The molecule has 0 saturated carbocycles. The molecule has 1 rings (SSSR count). The summed E-state index contributed by atoms with van der Waals surface area (Å²) >= 11 is 0. The van der Waals surface area contributed by atoms with Crippen LogP contribution in [0.25, 0.3) is 0 Å². The molecule has 1 heterocycles. The molecule has 146 valence electrons. The summed E-state index contributed by atoms with van der Waals surface area (Å²) in [7, 11) is 2.14. The summed E-state index contributed by atoms with van der Waals surface area (Å²) in [6.45, 7) is 13.8. The fourth-order valence-corrected chi connectivity index (χ4v) is 2.47. The highest BCUT2D eigenvalue weighted by Crippen LogP contribution is 2.08. The quantitative estimate of drug-likeness (QED) is 0.368. The Morgan fingerprint density at radius 1 is 1.20 bits per heavy atom. The first-order valence-electron chi connectivity index (χ1n) is 9.75. The van der Waals surface area contributed by atoms with Gasteiger partial charge in [0.1, 0.15) is 0 Å². The number of unbranched alkanes of at least 4 members (excludes halogenated alkanes) is 3. The fraction of sp³-hybridized carbons (Fsp3) is 0.714. The number of piperidine rings is 1. The molecule has 0 aliphatic carbocycles. The number of nitrogens with two attached hydrogens (primary N) is 1. The van der Waals surface area contributed by atoms with Crippen molar-refractivity contribution in [3.8, 4) is 0 Å². The zero-order chi connectivity index (χ0) is 19.1. The molecule has 0 aromatic rings. The highest BCUT2D eigenvalue weighted by Gasteiger charge is 2.11. The van der Waals surface area contributed by atoms with Gasteiger partial charge in [0, 0.05) is 19.1 Å². The van der Waals surface area contributed by atoms with Crippen LogP contribution in [-0.4, -0.2) is 54.4 Å². The van der Waals surface area contributed by atoms with Crippen molar-refractivity contribution in [1.29, 1.82) is 0 Å². The van der Waals surface area contributed by atoms with Gasteiger partial charge in [-0.25, -0.2) is 0 Å². The number of nitrogens with zero attached hydrogens (tertiary/aromatic N) is 2. The maximum Gasteiger partial charge on any atom is 0.0238 e. The Balaban J connectivity index is 0.000000593. The number of hydroxylamine groups is 2. The average Bonchev–Trinajstić information content (AvgIpc) is 2.62. The molecule has 1 aliphatic heterocycles. The summed E-state index contributed by atoms with van der Waals surface area (Å²) in [6, 6.07) is 0.478. The molecule has 1 aliphatic rings. The summed E-state index contributed by atoms with van der Waals surface area (Å²) < 4.78 is 0. The van der Waals surface area contributed by atoms with Gasteiger partial charge < -0.3 is 15.8 Å². The Labute approximate surface area is 156 Å². The number of rotatable bonds is 9. The van der Waals surface area contributed by atoms with E-state index < -0.39 is 0 Å². The van der Waals surface area contributed by atoms with Crippen molar-refractivity contribution in [1.82, 2.24) is 9.96 Å². The van der Waals surface area contributed by atoms with E-state index in [0.29, 0.717) is 12.6 Å². The normalized spacial score (nSPS) is 17.4. The van der Waals surface area contributed by atoms with Crippen LogP contribution in [0.3, 0.4) is 0 Å². The molecule has 0 aromatic heterocycles. The largest absolute Gasteiger partial charge is 0.328 e. The minimum Gasteiger partial charge on any atom is -0.328 e. The molecule has 0 spiro atoms. The summed E-state index contributed by atoms with van der Waals surface area (Å²) in [5.41, 5.74) is 8.19. The maximum atomic E-state index is 9.23. The Bertz CT molecular complexity index is 386. The Morgan fingerprint density at radius 3 is 2.36 bits per heavy atom. The van der Waals surface area contributed by atoms with Gasteiger partial charge in [-0.15, -0.1) is 0 Å². The van der Waals surface area contributed by atoms with Crippen molar-refractivity contribution in [2.75, 3.05) is 33.2 Å². The highest BCUT2D eigenvalue weighted by atomic mass is 16.5. The van der Waals surface area contributed by atoms with E-state index in [9.17, 15) is 5.21 Å². The van der Waals surface area contributed by atoms with Crippen LogP contribution in [0, 0.1) is 0 Å². The number of allylic oxidation sites excluding steroid dienone is 5. The van der Waals surface area contributed by atoms with Gasteiger partial charge in [-0.1, -0.05) is 38.2 Å². The fourth-order valence-electron chi connectivity index (χ4n) is 2.47. The van der Waals surface area contributed by atoms with Gasteiger partial charge in [-0.2, -0.15) is 5.06 Å². The minimum absolute atomic E-state index is 0.478. The van der Waals surface area contributed by atoms with Crippen LogP contribution in [0.5, 0.6) is 0 Å². The van der Waals surface area contributed by atoms with Gasteiger partial charge >= 0.3 is 0 Å². The van der Waals surface area contributed by atoms with E-state index in [2.05, 4.69) is 44.5 Å². The monoisotopic (exact) mass is 351 g/mol. The molecule has 4 nitrogen and oxygen atoms in total. The standard InChI is InChI=1S/C15H27NO.C6H14N2/c1-5-14(3)15(4)12-10-8-7-9-11-13-16(17)6-2;1-8-4-2-6(7)3-5-8/h5,10,12,17H,1,6-9,11,13H2,2-4H3;6H,2-5,7H2,1H3/b12-10-,15-14-;. The molecular formula is C21H41N3O. The van der Waals surface area contributed by atoms with Crippen LogP contribution in [-0.2, 0) is 0 Å². The van der Waals surface area contributed by atoms with Crippen molar-refractivity contribution in [3.05, 3.63) is 36.0 Å².